The molecular weight excluding hydrogens is 447 g/mol. The van der Waals surface area contributed by atoms with Crippen molar-refractivity contribution in [2.24, 2.45) is 4.99 Å². The predicted molar refractivity (Wildman–Crippen MR) is 117 cm³/mol. The molecule has 1 aromatic rings. The highest BCUT2D eigenvalue weighted by molar-refractivity contribution is 14.0. The second-order valence-electron chi connectivity index (χ2n) is 6.23. The van der Waals surface area contributed by atoms with E-state index in [9.17, 15) is 0 Å². The molecule has 0 spiro atoms. The van der Waals surface area contributed by atoms with E-state index in [-0.39, 0.29) is 24.0 Å². The second-order valence-corrected chi connectivity index (χ2v) is 7.43. The molecule has 0 aliphatic heterocycles. The minimum Gasteiger partial charge on any atom is -0.376 e. The fourth-order valence-electron chi connectivity index (χ4n) is 2.94. The van der Waals surface area contributed by atoms with E-state index in [1.54, 1.807) is 18.4 Å². The summed E-state index contributed by atoms with van der Waals surface area (Å²) in [5.41, 5.74) is 0. The van der Waals surface area contributed by atoms with Crippen molar-refractivity contribution in [2.75, 3.05) is 26.7 Å². The largest absolute Gasteiger partial charge is 0.376 e. The lowest BCUT2D eigenvalue weighted by Gasteiger charge is -2.16. The Kier molecular flexibility index (Phi) is 12.4. The lowest BCUT2D eigenvalue weighted by molar-refractivity contribution is 0.0468. The van der Waals surface area contributed by atoms with Crippen molar-refractivity contribution in [2.45, 2.75) is 64.4 Å². The average Bonchev–Trinajstić information content (AvgIpc) is 2.91. The smallest absolute Gasteiger partial charge is 0.191 e. The molecule has 5 nitrogen and oxygen atoms in total. The number of rotatable bonds is 8. The third-order valence-electron chi connectivity index (χ3n) is 4.36. The highest BCUT2D eigenvalue weighted by atomic mass is 127. The van der Waals surface area contributed by atoms with Crippen LogP contribution in [-0.4, -0.2) is 43.8 Å². The molecule has 0 amide bonds. The molecule has 0 aromatic carbocycles. The Bertz CT molecular complexity index is 487. The van der Waals surface area contributed by atoms with E-state index in [1.807, 2.05) is 6.20 Å². The zero-order valence-corrected chi connectivity index (χ0v) is 18.7. The zero-order valence-electron chi connectivity index (χ0n) is 15.6. The van der Waals surface area contributed by atoms with E-state index in [2.05, 4.69) is 27.5 Å². The Labute approximate surface area is 173 Å². The van der Waals surface area contributed by atoms with Crippen LogP contribution in [0.15, 0.2) is 11.2 Å². The standard InChI is InChI=1S/C18H32N4OS.HI/c1-3-16-14-22-17(24-16)10-11-20-18(19-2)21-12-13-23-15-8-6-4-5-7-9-15;/h14-15H,3-13H2,1-2H3,(H2,19,20,21);1H. The van der Waals surface area contributed by atoms with Crippen molar-refractivity contribution in [1.29, 1.82) is 0 Å². The van der Waals surface area contributed by atoms with Crippen LogP contribution >= 0.6 is 35.3 Å². The van der Waals surface area contributed by atoms with Crippen molar-refractivity contribution in [3.8, 4) is 0 Å². The van der Waals surface area contributed by atoms with Crippen molar-refractivity contribution < 1.29 is 4.74 Å². The fraction of sp³-hybridized carbons (Fsp3) is 0.778. The normalized spacial score (nSPS) is 16.2. The van der Waals surface area contributed by atoms with Gasteiger partial charge >= 0.3 is 0 Å². The number of aliphatic imine (C=N–C) groups is 1. The number of guanidine groups is 1. The van der Waals surface area contributed by atoms with Crippen molar-refractivity contribution >= 4 is 41.3 Å². The summed E-state index contributed by atoms with van der Waals surface area (Å²) in [6, 6.07) is 0. The molecule has 1 aliphatic rings. The Morgan fingerprint density at radius 2 is 1.96 bits per heavy atom. The highest BCUT2D eigenvalue weighted by Crippen LogP contribution is 2.19. The molecule has 0 saturated heterocycles. The Hall–Kier alpha value is -0.410. The van der Waals surface area contributed by atoms with Crippen LogP contribution in [0.2, 0.25) is 0 Å². The van der Waals surface area contributed by atoms with Crippen molar-refractivity contribution in [1.82, 2.24) is 15.6 Å². The van der Waals surface area contributed by atoms with Crippen LogP contribution in [0.3, 0.4) is 0 Å². The molecule has 0 unspecified atom stereocenters. The minimum atomic E-state index is 0. The van der Waals surface area contributed by atoms with Gasteiger partial charge in [-0.3, -0.25) is 4.99 Å². The maximum absolute atomic E-state index is 5.99. The van der Waals surface area contributed by atoms with E-state index in [0.29, 0.717) is 6.10 Å². The summed E-state index contributed by atoms with van der Waals surface area (Å²) in [7, 11) is 1.81. The summed E-state index contributed by atoms with van der Waals surface area (Å²) < 4.78 is 5.99. The van der Waals surface area contributed by atoms with E-state index in [1.165, 1.54) is 48.4 Å². The first-order valence-corrected chi connectivity index (χ1v) is 10.1. The van der Waals surface area contributed by atoms with Gasteiger partial charge in [-0.2, -0.15) is 0 Å². The zero-order chi connectivity index (χ0) is 17.0. The lowest BCUT2D eigenvalue weighted by Crippen LogP contribution is -2.40. The fourth-order valence-corrected chi connectivity index (χ4v) is 3.80. The number of halogens is 1. The Morgan fingerprint density at radius 1 is 1.24 bits per heavy atom. The lowest BCUT2D eigenvalue weighted by atomic mass is 10.1. The van der Waals surface area contributed by atoms with Gasteiger partial charge in [-0.15, -0.1) is 35.3 Å². The topological polar surface area (TPSA) is 58.5 Å². The molecule has 2 N–H and O–H groups in total. The summed E-state index contributed by atoms with van der Waals surface area (Å²) in [5.74, 6) is 0.840. The van der Waals surface area contributed by atoms with Crippen molar-refractivity contribution in [3.05, 3.63) is 16.1 Å². The van der Waals surface area contributed by atoms with Crippen LogP contribution < -0.4 is 10.6 Å². The van der Waals surface area contributed by atoms with Crippen LogP contribution in [0.5, 0.6) is 0 Å². The van der Waals surface area contributed by atoms with E-state index < -0.39 is 0 Å². The molecule has 1 heterocycles. The van der Waals surface area contributed by atoms with Crippen LogP contribution in [0.4, 0.5) is 0 Å². The van der Waals surface area contributed by atoms with Crippen molar-refractivity contribution in [3.63, 3.8) is 0 Å². The molecule has 0 radical (unpaired) electrons. The molecule has 0 bridgehead atoms. The first kappa shape index (κ1) is 22.6. The molecule has 144 valence electrons. The minimum absolute atomic E-state index is 0. The van der Waals surface area contributed by atoms with Gasteiger partial charge in [-0.05, 0) is 19.3 Å². The Morgan fingerprint density at radius 3 is 2.60 bits per heavy atom. The first-order chi connectivity index (χ1) is 11.8. The van der Waals surface area contributed by atoms with Gasteiger partial charge < -0.3 is 15.4 Å². The van der Waals surface area contributed by atoms with E-state index >= 15 is 0 Å². The highest BCUT2D eigenvalue weighted by Gasteiger charge is 2.12. The molecule has 0 atom stereocenters. The van der Waals surface area contributed by atoms with Crippen LogP contribution in [-0.2, 0) is 17.6 Å². The third-order valence-corrected chi connectivity index (χ3v) is 5.56. The van der Waals surface area contributed by atoms with Crippen LogP contribution in [0, 0.1) is 0 Å². The van der Waals surface area contributed by atoms with Gasteiger partial charge in [-0.25, -0.2) is 4.98 Å². The maximum Gasteiger partial charge on any atom is 0.191 e. The number of thiazole rings is 1. The third kappa shape index (κ3) is 9.19. The van der Waals surface area contributed by atoms with Gasteiger partial charge in [0.2, 0.25) is 0 Å². The number of nitrogens with one attached hydrogen (secondary N) is 2. The summed E-state index contributed by atoms with van der Waals surface area (Å²) in [5, 5.41) is 7.85. The summed E-state index contributed by atoms with van der Waals surface area (Å²) in [6.07, 6.45) is 12.3. The first-order valence-electron chi connectivity index (χ1n) is 9.31. The van der Waals surface area contributed by atoms with E-state index in [4.69, 9.17) is 4.74 Å². The van der Waals surface area contributed by atoms with Gasteiger partial charge in [0, 0.05) is 37.6 Å². The number of nitrogens with zero attached hydrogens (tertiary/aromatic N) is 2. The number of aryl methyl sites for hydroxylation is 1. The summed E-state index contributed by atoms with van der Waals surface area (Å²) in [4.78, 5) is 10.1. The number of ether oxygens (including phenoxy) is 1. The molecule has 7 heteroatoms. The molecule has 1 aromatic heterocycles. The van der Waals surface area contributed by atoms with Crippen LogP contribution in [0.1, 0.15) is 55.3 Å². The molecule has 1 saturated carbocycles. The molecule has 1 aliphatic carbocycles. The average molecular weight is 480 g/mol. The summed E-state index contributed by atoms with van der Waals surface area (Å²) >= 11 is 1.80. The van der Waals surface area contributed by atoms with Gasteiger partial charge in [0.15, 0.2) is 5.96 Å². The molecular formula is C18H33IN4OS. The summed E-state index contributed by atoms with van der Waals surface area (Å²) in [6.45, 7) is 4.56. The van der Waals surface area contributed by atoms with Crippen LogP contribution in [0.25, 0.3) is 0 Å². The Balaban J connectivity index is 0.00000312. The second kappa shape index (κ2) is 13.7. The van der Waals surface area contributed by atoms with Gasteiger partial charge in [0.25, 0.3) is 0 Å². The molecule has 2 rings (SSSR count). The quantitative estimate of drug-likeness (QED) is 0.196. The SMILES string of the molecule is CCc1cnc(CCNC(=NC)NCCOC2CCCCCC2)s1.I. The maximum atomic E-state index is 5.99. The number of hydrogen-bond acceptors (Lipinski definition) is 4. The van der Waals surface area contributed by atoms with Gasteiger partial charge in [0.1, 0.15) is 0 Å². The molecule has 1 fully saturated rings. The van der Waals surface area contributed by atoms with E-state index in [0.717, 1.165) is 38.5 Å². The predicted octanol–water partition coefficient (Wildman–Crippen LogP) is 3.77. The molecule has 25 heavy (non-hydrogen) atoms. The van der Waals surface area contributed by atoms with Gasteiger partial charge in [0.05, 0.1) is 17.7 Å². The number of hydrogen-bond donors (Lipinski definition) is 2. The number of aromatic nitrogens is 1. The van der Waals surface area contributed by atoms with Gasteiger partial charge in [-0.1, -0.05) is 32.6 Å². The monoisotopic (exact) mass is 480 g/mol.